The predicted octanol–water partition coefficient (Wildman–Crippen LogP) is 13.2. The standard InChI is InChI=1S/C42H70Cl3NO8SSi2/c1-14-56(15-2,16-3)53-35(31(9)25-34-27-55-33(11)46-34)24-23-29(7)21-20-22-30(8)38(52-40(50)51-28-42(43,44)45)32(10)39(49)41(12,13)36(26-37(47)48)54-57(17-4,18-5)19-6/h20-21,23,25,27,30,32,35-36,38H,14-19,22,24,26,28H2,1-13H3,(H,47,48)/t30-,32+,35-,36-,38-/m0/s1. The minimum Gasteiger partial charge on any atom is -0.481 e. The van der Waals surface area contributed by atoms with E-state index in [-0.39, 0.29) is 24.2 Å². The van der Waals surface area contributed by atoms with Crippen LogP contribution in [0.3, 0.4) is 0 Å². The molecule has 0 amide bonds. The number of aryl methyl sites for hydroxylation is 1. The van der Waals surface area contributed by atoms with Crippen LogP contribution in [0.2, 0.25) is 36.3 Å². The van der Waals surface area contributed by atoms with Crippen LogP contribution in [0.15, 0.2) is 34.8 Å². The first-order valence-electron chi connectivity index (χ1n) is 20.4. The molecule has 0 bridgehead atoms. The zero-order valence-electron chi connectivity index (χ0n) is 36.6. The van der Waals surface area contributed by atoms with E-state index in [4.69, 9.17) is 53.1 Å². The van der Waals surface area contributed by atoms with Crippen molar-refractivity contribution in [3.05, 3.63) is 45.5 Å². The monoisotopic (exact) mass is 909 g/mol. The molecule has 326 valence electrons. The number of carbonyl (C=O) groups excluding carboxylic acids is 2. The fourth-order valence-electron chi connectivity index (χ4n) is 7.16. The zero-order valence-corrected chi connectivity index (χ0v) is 41.7. The van der Waals surface area contributed by atoms with Crippen LogP contribution in [-0.2, 0) is 27.9 Å². The lowest BCUT2D eigenvalue weighted by atomic mass is 9.73. The number of halogens is 3. The fourth-order valence-corrected chi connectivity index (χ4v) is 13.8. The van der Waals surface area contributed by atoms with E-state index in [1.807, 2.05) is 32.9 Å². The maximum atomic E-state index is 14.5. The van der Waals surface area contributed by atoms with Crippen molar-refractivity contribution in [2.45, 2.75) is 168 Å². The molecule has 15 heteroatoms. The Morgan fingerprint density at radius 2 is 1.46 bits per heavy atom. The minimum absolute atomic E-state index is 0.0822. The molecule has 0 spiro atoms. The smallest absolute Gasteiger partial charge is 0.481 e. The molecule has 0 unspecified atom stereocenters. The van der Waals surface area contributed by atoms with Gasteiger partial charge in [-0.15, -0.1) is 11.3 Å². The SMILES string of the molecule is CC[Si](CC)(CC)O[C@@H](CC=C(C)C=CC[C@H](C)[C@H](OC(=O)OCC(Cl)(Cl)Cl)[C@@H](C)C(=O)C(C)(C)[C@H](CC(=O)O)O[Si](CC)(CC)CC)C(C)=Cc1csc(C)n1. The number of carboxylic acid groups (broad SMARTS) is 1. The van der Waals surface area contributed by atoms with Gasteiger partial charge in [-0.25, -0.2) is 9.78 Å². The second kappa shape index (κ2) is 24.7. The van der Waals surface area contributed by atoms with Crippen molar-refractivity contribution in [3.63, 3.8) is 0 Å². The number of aromatic nitrogens is 1. The summed E-state index contributed by atoms with van der Waals surface area (Å²) in [4.78, 5) is 44.1. The van der Waals surface area contributed by atoms with Crippen molar-refractivity contribution in [2.75, 3.05) is 6.61 Å². The maximum absolute atomic E-state index is 14.5. The third-order valence-corrected chi connectivity index (χ3v) is 22.0. The Kier molecular flexibility index (Phi) is 23.2. The number of hydrogen-bond donors (Lipinski definition) is 1. The van der Waals surface area contributed by atoms with E-state index in [0.29, 0.717) is 12.8 Å². The molecule has 1 N–H and O–H groups in total. The van der Waals surface area contributed by atoms with Crippen LogP contribution in [0, 0.1) is 24.2 Å². The lowest BCUT2D eigenvalue weighted by Gasteiger charge is -2.42. The molecule has 0 aliphatic rings. The summed E-state index contributed by atoms with van der Waals surface area (Å²) < 4.78 is 22.8. The van der Waals surface area contributed by atoms with Gasteiger partial charge in [-0.05, 0) is 87.4 Å². The van der Waals surface area contributed by atoms with E-state index in [1.165, 1.54) is 0 Å². The molecule has 0 saturated carbocycles. The van der Waals surface area contributed by atoms with Crippen molar-refractivity contribution < 1.29 is 37.8 Å². The van der Waals surface area contributed by atoms with Crippen LogP contribution in [0.1, 0.15) is 113 Å². The molecule has 57 heavy (non-hydrogen) atoms. The summed E-state index contributed by atoms with van der Waals surface area (Å²) in [5.74, 6) is -2.54. The number of thiazole rings is 1. The number of Topliss-reactive ketones (excluding diaryl/α,β-unsaturated/α-hetero) is 1. The molecule has 0 fully saturated rings. The van der Waals surface area contributed by atoms with Crippen LogP contribution in [-0.4, -0.2) is 73.3 Å². The van der Waals surface area contributed by atoms with Gasteiger partial charge in [0.25, 0.3) is 0 Å². The molecule has 1 aromatic rings. The number of hydrogen-bond acceptors (Lipinski definition) is 9. The number of ether oxygens (including phenoxy) is 2. The Morgan fingerprint density at radius 3 is 1.93 bits per heavy atom. The molecule has 5 atom stereocenters. The van der Waals surface area contributed by atoms with Gasteiger partial charge in [0.05, 0.1) is 35.2 Å². The molecule has 1 aromatic heterocycles. The van der Waals surface area contributed by atoms with Gasteiger partial charge in [-0.2, -0.15) is 0 Å². The topological polar surface area (TPSA) is 121 Å². The summed E-state index contributed by atoms with van der Waals surface area (Å²) in [5, 5.41) is 13.0. The second-order valence-corrected chi connectivity index (χ2v) is 28.9. The van der Waals surface area contributed by atoms with Gasteiger partial charge in [0.2, 0.25) is 3.79 Å². The molecule has 0 aromatic carbocycles. The minimum atomic E-state index is -2.31. The molecular weight excluding hydrogens is 841 g/mol. The summed E-state index contributed by atoms with van der Waals surface area (Å²) in [6, 6.07) is 5.53. The first kappa shape index (κ1) is 53.5. The van der Waals surface area contributed by atoms with Gasteiger partial charge in [-0.3, -0.25) is 9.59 Å². The Balaban J connectivity index is 3.43. The van der Waals surface area contributed by atoms with Crippen molar-refractivity contribution in [3.8, 4) is 0 Å². The summed E-state index contributed by atoms with van der Waals surface area (Å²) in [7, 11) is -4.23. The van der Waals surface area contributed by atoms with Crippen molar-refractivity contribution in [1.82, 2.24) is 4.98 Å². The number of allylic oxidation sites excluding steroid dienone is 3. The number of rotatable bonds is 26. The molecule has 0 saturated heterocycles. The zero-order chi connectivity index (χ0) is 43.8. The Morgan fingerprint density at radius 1 is 0.912 bits per heavy atom. The van der Waals surface area contributed by atoms with E-state index in [0.717, 1.165) is 58.1 Å². The van der Waals surface area contributed by atoms with Crippen molar-refractivity contribution in [2.24, 2.45) is 17.3 Å². The van der Waals surface area contributed by atoms with Crippen LogP contribution in [0.4, 0.5) is 4.79 Å². The van der Waals surface area contributed by atoms with Gasteiger partial charge >= 0.3 is 12.1 Å². The van der Waals surface area contributed by atoms with Gasteiger partial charge in [0.15, 0.2) is 16.6 Å². The highest BCUT2D eigenvalue weighted by Gasteiger charge is 2.47. The van der Waals surface area contributed by atoms with Gasteiger partial charge in [0.1, 0.15) is 18.5 Å². The van der Waals surface area contributed by atoms with Crippen molar-refractivity contribution in [1.29, 1.82) is 0 Å². The summed E-state index contributed by atoms with van der Waals surface area (Å²) >= 11 is 19.1. The number of carboxylic acids is 1. The first-order chi connectivity index (χ1) is 26.5. The van der Waals surface area contributed by atoms with Gasteiger partial charge in [0, 0.05) is 10.8 Å². The maximum Gasteiger partial charge on any atom is 0.508 e. The Hall–Kier alpha value is -1.52. The first-order valence-corrected chi connectivity index (χ1v) is 27.5. The average molecular weight is 912 g/mol. The van der Waals surface area contributed by atoms with Gasteiger partial charge < -0.3 is 23.4 Å². The summed E-state index contributed by atoms with van der Waals surface area (Å²) in [5.41, 5.74) is 1.91. The largest absolute Gasteiger partial charge is 0.508 e. The highest BCUT2D eigenvalue weighted by Crippen LogP contribution is 2.38. The van der Waals surface area contributed by atoms with Gasteiger partial charge in [-0.1, -0.05) is 128 Å². The normalized spacial score (nSPS) is 16.3. The van der Waals surface area contributed by atoms with Crippen LogP contribution < -0.4 is 0 Å². The van der Waals surface area contributed by atoms with E-state index in [1.54, 1.807) is 32.1 Å². The number of alkyl halides is 3. The number of ketones is 1. The second-order valence-electron chi connectivity index (χ2n) is 15.9. The van der Waals surface area contributed by atoms with Crippen molar-refractivity contribution >= 4 is 86.8 Å². The number of aliphatic carboxylic acids is 1. The van der Waals surface area contributed by atoms with Crippen LogP contribution in [0.5, 0.6) is 0 Å². The third kappa shape index (κ3) is 17.5. The van der Waals surface area contributed by atoms with E-state index >= 15 is 0 Å². The summed E-state index contributed by atoms with van der Waals surface area (Å²) in [6.07, 6.45) is 6.20. The number of nitrogens with zero attached hydrogens (tertiary/aromatic N) is 1. The van der Waals surface area contributed by atoms with E-state index in [9.17, 15) is 19.5 Å². The Labute approximate surface area is 364 Å². The van der Waals surface area contributed by atoms with E-state index < -0.39 is 62.7 Å². The Bertz CT molecular complexity index is 1500. The molecule has 0 aliphatic carbocycles. The predicted molar refractivity (Wildman–Crippen MR) is 243 cm³/mol. The average Bonchev–Trinajstić information content (AvgIpc) is 3.57. The molecule has 1 heterocycles. The molecule has 0 radical (unpaired) electrons. The fraction of sp³-hybridized carbons (Fsp3) is 0.714. The third-order valence-electron chi connectivity index (χ3n) is 11.6. The van der Waals surface area contributed by atoms with Crippen LogP contribution >= 0.6 is 46.1 Å². The van der Waals surface area contributed by atoms with E-state index in [2.05, 4.69) is 71.0 Å². The molecule has 0 aliphatic heterocycles. The highest BCUT2D eigenvalue weighted by atomic mass is 35.6. The lowest BCUT2D eigenvalue weighted by Crippen LogP contribution is -2.51. The summed E-state index contributed by atoms with van der Waals surface area (Å²) in [6.45, 7) is 25.5. The molecular formula is C42H70Cl3NO8SSi2. The number of carbonyl (C=O) groups is 3. The van der Waals surface area contributed by atoms with Crippen LogP contribution in [0.25, 0.3) is 6.08 Å². The quantitative estimate of drug-likeness (QED) is 0.0419. The molecule has 1 rings (SSSR count). The lowest BCUT2D eigenvalue weighted by molar-refractivity contribution is -0.146. The molecule has 9 nitrogen and oxygen atoms in total. The highest BCUT2D eigenvalue weighted by molar-refractivity contribution is 7.09.